The summed E-state index contributed by atoms with van der Waals surface area (Å²) in [5, 5.41) is 23.1. The van der Waals surface area contributed by atoms with E-state index in [-0.39, 0.29) is 17.5 Å². The van der Waals surface area contributed by atoms with Gasteiger partial charge in [-0.3, -0.25) is 28.8 Å². The fraction of sp³-hybridized carbons (Fsp3) is 0.562. The minimum absolute atomic E-state index is 0.0124. The fourth-order valence-corrected chi connectivity index (χ4v) is 6.75. The second-order valence-electron chi connectivity index (χ2n) is 12.6. The van der Waals surface area contributed by atoms with E-state index in [4.69, 9.17) is 37.9 Å². The first-order valence-electron chi connectivity index (χ1n) is 15.0. The molecule has 0 bridgehead atoms. The van der Waals surface area contributed by atoms with Gasteiger partial charge in [0, 0.05) is 45.2 Å². The second kappa shape index (κ2) is 12.6. The van der Waals surface area contributed by atoms with E-state index in [1.807, 2.05) is 0 Å². The topological polar surface area (TPSA) is 217 Å². The zero-order valence-electron chi connectivity index (χ0n) is 27.2. The molecule has 2 heterocycles. The first kappa shape index (κ1) is 34.9. The molecule has 2 aliphatic heterocycles. The number of rotatable bonds is 7. The SMILES string of the molecule is CC(=O)OC[C@H]1O[C@@H](O[C@@H]2c3c(O)c4c(c(O)c3C[C@@]3(C)OC(C)(C)O[C@@H]23)C(=O)C=CC4=O)[C@H](OC(C)=O)[C@@H](OC(C)=O)[C@@H]1OC(C)=O. The van der Waals surface area contributed by atoms with Gasteiger partial charge in [0.15, 0.2) is 42.0 Å². The van der Waals surface area contributed by atoms with Crippen molar-refractivity contribution in [3.05, 3.63) is 34.4 Å². The predicted octanol–water partition coefficient (Wildman–Crippen LogP) is 1.64. The first-order valence-corrected chi connectivity index (χ1v) is 15.0. The summed E-state index contributed by atoms with van der Waals surface area (Å²) in [6.07, 6.45) is -8.52. The molecule has 1 aromatic rings. The van der Waals surface area contributed by atoms with Crippen LogP contribution >= 0.6 is 0 Å². The zero-order valence-corrected chi connectivity index (χ0v) is 27.2. The number of carbonyl (C=O) groups excluding carboxylic acids is 6. The molecule has 0 unspecified atom stereocenters. The van der Waals surface area contributed by atoms with Gasteiger partial charge in [0.05, 0.1) is 11.1 Å². The lowest BCUT2D eigenvalue weighted by molar-refractivity contribution is -0.326. The van der Waals surface area contributed by atoms with E-state index in [9.17, 15) is 39.0 Å². The highest BCUT2D eigenvalue weighted by atomic mass is 16.8. The number of benzene rings is 1. The molecule has 0 spiro atoms. The van der Waals surface area contributed by atoms with Gasteiger partial charge < -0.3 is 48.1 Å². The molecule has 2 aliphatic carbocycles. The summed E-state index contributed by atoms with van der Waals surface area (Å²) in [6, 6.07) is 0. The monoisotopic (exact) mass is 676 g/mol. The number of ketones is 2. The number of aromatic hydroxyl groups is 2. The summed E-state index contributed by atoms with van der Waals surface area (Å²) in [7, 11) is 0. The highest BCUT2D eigenvalue weighted by molar-refractivity contribution is 6.24. The lowest BCUT2D eigenvalue weighted by Crippen LogP contribution is -2.63. The lowest BCUT2D eigenvalue weighted by atomic mass is 9.73. The van der Waals surface area contributed by atoms with Crippen molar-refractivity contribution >= 4 is 35.4 Å². The Morgan fingerprint density at radius 2 is 1.35 bits per heavy atom. The minimum atomic E-state index is -1.73. The Balaban J connectivity index is 1.69. The van der Waals surface area contributed by atoms with Gasteiger partial charge in [-0.25, -0.2) is 0 Å². The Hall–Kier alpha value is -4.38. The maximum atomic E-state index is 13.0. The molecule has 0 aromatic heterocycles. The lowest BCUT2D eigenvalue weighted by Gasteiger charge is -2.47. The number of allylic oxidation sites excluding steroid dienone is 2. The van der Waals surface area contributed by atoms with Gasteiger partial charge in [-0.2, -0.15) is 0 Å². The molecule has 5 rings (SSSR count). The summed E-state index contributed by atoms with van der Waals surface area (Å²) in [6.45, 7) is 8.68. The number of ether oxygens (including phenoxy) is 8. The molecular weight excluding hydrogens is 640 g/mol. The van der Waals surface area contributed by atoms with Crippen LogP contribution in [-0.2, 0) is 63.5 Å². The normalized spacial score (nSPS) is 31.6. The summed E-state index contributed by atoms with van der Waals surface area (Å²) < 4.78 is 46.7. The molecule has 4 aliphatic rings. The molecular formula is C32H36O16. The smallest absolute Gasteiger partial charge is 0.303 e. The van der Waals surface area contributed by atoms with Gasteiger partial charge in [0.2, 0.25) is 0 Å². The van der Waals surface area contributed by atoms with Crippen molar-refractivity contribution in [2.45, 2.75) is 109 Å². The van der Waals surface area contributed by atoms with Crippen LogP contribution in [0.15, 0.2) is 12.2 Å². The average Bonchev–Trinajstić information content (AvgIpc) is 3.22. The average molecular weight is 677 g/mol. The third-order valence-electron chi connectivity index (χ3n) is 8.28. The van der Waals surface area contributed by atoms with Gasteiger partial charge in [0.25, 0.3) is 0 Å². The van der Waals surface area contributed by atoms with E-state index in [0.29, 0.717) is 0 Å². The first-order chi connectivity index (χ1) is 22.3. The molecule has 2 N–H and O–H groups in total. The molecule has 1 aromatic carbocycles. The number of fused-ring (bicyclic) bond motifs is 3. The number of phenols is 2. The number of phenolic OH excluding ortho intramolecular Hbond substituents is 2. The van der Waals surface area contributed by atoms with Crippen molar-refractivity contribution in [1.82, 2.24) is 0 Å². The van der Waals surface area contributed by atoms with E-state index in [2.05, 4.69) is 0 Å². The van der Waals surface area contributed by atoms with Crippen LogP contribution in [-0.4, -0.2) is 100 Å². The third kappa shape index (κ3) is 6.40. The van der Waals surface area contributed by atoms with Gasteiger partial charge >= 0.3 is 23.9 Å². The number of carbonyl (C=O) groups is 6. The highest BCUT2D eigenvalue weighted by Gasteiger charge is 2.61. The van der Waals surface area contributed by atoms with E-state index in [1.54, 1.807) is 20.8 Å². The Bertz CT molecular complexity index is 1610. The molecule has 0 amide bonds. The Morgan fingerprint density at radius 3 is 1.92 bits per heavy atom. The van der Waals surface area contributed by atoms with Gasteiger partial charge in [-0.1, -0.05) is 0 Å². The van der Waals surface area contributed by atoms with Crippen molar-refractivity contribution in [3.8, 4) is 11.5 Å². The molecule has 2 fully saturated rings. The van der Waals surface area contributed by atoms with Crippen LogP contribution in [0.2, 0.25) is 0 Å². The second-order valence-corrected chi connectivity index (χ2v) is 12.6. The van der Waals surface area contributed by atoms with Crippen molar-refractivity contribution in [1.29, 1.82) is 0 Å². The zero-order chi connectivity index (χ0) is 35.5. The maximum absolute atomic E-state index is 13.0. The fourth-order valence-electron chi connectivity index (χ4n) is 6.75. The number of hydrogen-bond donors (Lipinski definition) is 2. The minimum Gasteiger partial charge on any atom is -0.507 e. The van der Waals surface area contributed by atoms with Crippen LogP contribution in [0.1, 0.15) is 86.4 Å². The molecule has 16 nitrogen and oxygen atoms in total. The van der Waals surface area contributed by atoms with Crippen LogP contribution < -0.4 is 0 Å². The van der Waals surface area contributed by atoms with Crippen LogP contribution in [0.3, 0.4) is 0 Å². The Labute approximate surface area is 274 Å². The van der Waals surface area contributed by atoms with Crippen LogP contribution in [0, 0.1) is 0 Å². The van der Waals surface area contributed by atoms with Crippen LogP contribution in [0.25, 0.3) is 0 Å². The van der Waals surface area contributed by atoms with Crippen LogP contribution in [0.5, 0.6) is 11.5 Å². The van der Waals surface area contributed by atoms with E-state index >= 15 is 0 Å². The molecule has 2 saturated heterocycles. The highest BCUT2D eigenvalue weighted by Crippen LogP contribution is 2.56. The summed E-state index contributed by atoms with van der Waals surface area (Å²) in [5.41, 5.74) is -2.27. The number of hydrogen-bond acceptors (Lipinski definition) is 16. The molecule has 260 valence electrons. The molecule has 16 heteroatoms. The van der Waals surface area contributed by atoms with E-state index in [1.165, 1.54) is 0 Å². The van der Waals surface area contributed by atoms with Gasteiger partial charge in [0.1, 0.15) is 42.0 Å². The van der Waals surface area contributed by atoms with Gasteiger partial charge in [-0.15, -0.1) is 0 Å². The van der Waals surface area contributed by atoms with E-state index in [0.717, 1.165) is 39.8 Å². The van der Waals surface area contributed by atoms with Gasteiger partial charge in [-0.05, 0) is 32.9 Å². The maximum Gasteiger partial charge on any atom is 0.303 e. The van der Waals surface area contributed by atoms with Crippen molar-refractivity contribution < 1.29 is 76.9 Å². The Morgan fingerprint density at radius 1 is 0.812 bits per heavy atom. The Kier molecular flexibility index (Phi) is 9.15. The van der Waals surface area contributed by atoms with Crippen molar-refractivity contribution in [3.63, 3.8) is 0 Å². The molecule has 0 radical (unpaired) electrons. The van der Waals surface area contributed by atoms with Crippen LogP contribution in [0.4, 0.5) is 0 Å². The predicted molar refractivity (Wildman–Crippen MR) is 156 cm³/mol. The molecule has 48 heavy (non-hydrogen) atoms. The summed E-state index contributed by atoms with van der Waals surface area (Å²) in [5.74, 6) is -7.28. The standard InChI is InChI=1S/C32H36O16/c1-12(33)41-11-19-25(42-13(2)34)27(43-14(3)35)28(44-15(4)36)30(45-19)46-26-20-16(10-32(7)29(26)47-31(5,6)48-32)23(39)21-17(37)8-9-18(38)22(21)24(20)40/h8-9,19,25-30,39-40H,10-11H2,1-7H3/t19-,25-,26-,27+,28-,29+,30+,32-/m1/s1. The quantitative estimate of drug-likeness (QED) is 0.238. The van der Waals surface area contributed by atoms with E-state index < -0.39 is 119 Å². The summed E-state index contributed by atoms with van der Waals surface area (Å²) >= 11 is 0. The van der Waals surface area contributed by atoms with Crippen molar-refractivity contribution in [2.75, 3.05) is 6.61 Å². The molecule has 8 atom stereocenters. The largest absolute Gasteiger partial charge is 0.507 e. The third-order valence-corrected chi connectivity index (χ3v) is 8.28. The molecule has 0 saturated carbocycles. The summed E-state index contributed by atoms with van der Waals surface area (Å²) in [4.78, 5) is 74.4. The number of esters is 4. The van der Waals surface area contributed by atoms with Crippen molar-refractivity contribution in [2.24, 2.45) is 0 Å².